The molecule has 0 spiro atoms. The topological polar surface area (TPSA) is 112 Å². The molecule has 4 N–H and O–H groups in total. The number of allylic oxidation sites excluding steroid dienone is 1. The maximum Gasteiger partial charge on any atom is 0.252 e. The van der Waals surface area contributed by atoms with E-state index in [-0.39, 0.29) is 5.91 Å². The third-order valence-corrected chi connectivity index (χ3v) is 6.28. The molecule has 4 aromatic rings. The van der Waals surface area contributed by atoms with Crippen molar-refractivity contribution < 1.29 is 9.59 Å². The summed E-state index contributed by atoms with van der Waals surface area (Å²) in [5, 5.41) is 10.9. The van der Waals surface area contributed by atoms with Crippen LogP contribution in [0.15, 0.2) is 67.0 Å². The third-order valence-electron chi connectivity index (χ3n) is 6.01. The Morgan fingerprint density at radius 2 is 2.05 bits per heavy atom. The van der Waals surface area contributed by atoms with Gasteiger partial charge in [0.05, 0.1) is 11.7 Å². The van der Waals surface area contributed by atoms with E-state index in [9.17, 15) is 9.59 Å². The minimum atomic E-state index is -0.456. The second-order valence-corrected chi connectivity index (χ2v) is 8.86. The fourth-order valence-corrected chi connectivity index (χ4v) is 4.35. The van der Waals surface area contributed by atoms with Crippen LogP contribution >= 0.6 is 11.6 Å². The quantitative estimate of drug-likeness (QED) is 0.142. The van der Waals surface area contributed by atoms with Gasteiger partial charge in [0, 0.05) is 41.6 Å². The van der Waals surface area contributed by atoms with Gasteiger partial charge in [0.15, 0.2) is 0 Å². The number of hydrogen-bond donors (Lipinski definition) is 4. The summed E-state index contributed by atoms with van der Waals surface area (Å²) in [6.45, 7) is 2.11. The van der Waals surface area contributed by atoms with Gasteiger partial charge in [0.1, 0.15) is 16.7 Å². The Kier molecular flexibility index (Phi) is 8.53. The molecule has 0 saturated heterocycles. The minimum Gasteiger partial charge on any atom is -0.388 e. The summed E-state index contributed by atoms with van der Waals surface area (Å²) in [5.41, 5.74) is 3.09. The Bertz CT molecular complexity index is 1430. The van der Waals surface area contributed by atoms with Crippen molar-refractivity contribution >= 4 is 46.1 Å². The predicted octanol–water partition coefficient (Wildman–Crippen LogP) is 6.11. The van der Waals surface area contributed by atoms with Gasteiger partial charge in [-0.1, -0.05) is 49.2 Å². The van der Waals surface area contributed by atoms with E-state index in [1.165, 1.54) is 0 Å². The van der Waals surface area contributed by atoms with Crippen molar-refractivity contribution in [2.24, 2.45) is 0 Å². The molecular formula is C28H29ClN6O2. The lowest BCUT2D eigenvalue weighted by Crippen LogP contribution is -2.29. The molecule has 37 heavy (non-hydrogen) atoms. The standard InChI is InChI=1S/C28H29ClN6O2/c1-3-4-5-6-10-23(33-28(37)21-9-7-8-18-16-31-14-13-20(18)21)27-34-25(26(29)35-27)22-12-11-19(30-2)15-24(22)32-17-36/h5-9,11-17,23,30H,3-4,10H2,1-2H3,(H,32,36)(H,33,37)(H,34,35)/b6-5+/t23-/m0/s1. The molecule has 0 aliphatic rings. The number of nitrogens with one attached hydrogen (secondary N) is 4. The smallest absolute Gasteiger partial charge is 0.252 e. The average molecular weight is 517 g/mol. The van der Waals surface area contributed by atoms with Crippen LogP contribution in [0.4, 0.5) is 11.4 Å². The van der Waals surface area contributed by atoms with Crippen LogP contribution in [-0.4, -0.2) is 34.3 Å². The van der Waals surface area contributed by atoms with Crippen LogP contribution in [0.5, 0.6) is 0 Å². The SMILES string of the molecule is CCC/C=C/C[C@H](NC(=O)c1cccc2cnccc12)c1nc(-c2ccc(NC)cc2NC=O)c(Cl)[nH]1. The summed E-state index contributed by atoms with van der Waals surface area (Å²) in [4.78, 5) is 36.7. The lowest BCUT2D eigenvalue weighted by atomic mass is 10.0. The number of imidazole rings is 1. The number of unbranched alkanes of at least 4 members (excludes halogenated alkanes) is 1. The number of amides is 2. The average Bonchev–Trinajstić information content (AvgIpc) is 3.31. The fourth-order valence-electron chi connectivity index (χ4n) is 4.11. The van der Waals surface area contributed by atoms with E-state index in [0.717, 1.165) is 29.3 Å². The molecule has 9 heteroatoms. The number of carbonyl (C=O) groups is 2. The van der Waals surface area contributed by atoms with Crippen LogP contribution < -0.4 is 16.0 Å². The van der Waals surface area contributed by atoms with Crippen molar-refractivity contribution in [2.45, 2.75) is 32.2 Å². The van der Waals surface area contributed by atoms with E-state index in [1.54, 1.807) is 31.6 Å². The molecule has 0 fully saturated rings. The zero-order valence-corrected chi connectivity index (χ0v) is 21.5. The summed E-state index contributed by atoms with van der Waals surface area (Å²) in [6.07, 6.45) is 10.7. The zero-order valence-electron chi connectivity index (χ0n) is 20.7. The first-order valence-corrected chi connectivity index (χ1v) is 12.5. The van der Waals surface area contributed by atoms with E-state index in [0.29, 0.717) is 46.3 Å². The van der Waals surface area contributed by atoms with Gasteiger partial charge in [-0.25, -0.2) is 4.98 Å². The van der Waals surface area contributed by atoms with E-state index < -0.39 is 6.04 Å². The number of aromatic nitrogens is 3. The molecule has 2 heterocycles. The second kappa shape index (κ2) is 12.2. The van der Waals surface area contributed by atoms with Crippen LogP contribution in [0.3, 0.4) is 0 Å². The largest absolute Gasteiger partial charge is 0.388 e. The Morgan fingerprint density at radius 3 is 2.84 bits per heavy atom. The molecule has 2 amide bonds. The molecule has 0 aliphatic carbocycles. The molecule has 2 aromatic heterocycles. The predicted molar refractivity (Wildman–Crippen MR) is 149 cm³/mol. The molecule has 190 valence electrons. The molecule has 0 bridgehead atoms. The number of pyridine rings is 1. The monoisotopic (exact) mass is 516 g/mol. The van der Waals surface area contributed by atoms with Crippen LogP contribution in [-0.2, 0) is 4.79 Å². The number of halogens is 1. The number of H-pyrrole nitrogens is 1. The van der Waals surface area contributed by atoms with Gasteiger partial charge in [0.2, 0.25) is 6.41 Å². The number of rotatable bonds is 11. The number of hydrogen-bond acceptors (Lipinski definition) is 5. The number of nitrogens with zero attached hydrogens (tertiary/aromatic N) is 2. The fraction of sp³-hybridized carbons (Fsp3) is 0.214. The van der Waals surface area contributed by atoms with E-state index in [4.69, 9.17) is 16.6 Å². The Morgan fingerprint density at radius 1 is 1.19 bits per heavy atom. The van der Waals surface area contributed by atoms with Crippen LogP contribution in [0, 0.1) is 0 Å². The summed E-state index contributed by atoms with van der Waals surface area (Å²) >= 11 is 6.60. The van der Waals surface area contributed by atoms with Crippen LogP contribution in [0.1, 0.15) is 48.4 Å². The van der Waals surface area contributed by atoms with Gasteiger partial charge in [0.25, 0.3) is 5.91 Å². The van der Waals surface area contributed by atoms with E-state index in [1.807, 2.05) is 36.4 Å². The van der Waals surface area contributed by atoms with E-state index in [2.05, 4.69) is 38.9 Å². The first kappa shape index (κ1) is 25.9. The van der Waals surface area contributed by atoms with Crippen molar-refractivity contribution in [2.75, 3.05) is 17.7 Å². The number of carbonyl (C=O) groups excluding carboxylic acids is 2. The van der Waals surface area contributed by atoms with Gasteiger partial charge in [-0.2, -0.15) is 0 Å². The highest BCUT2D eigenvalue weighted by molar-refractivity contribution is 6.32. The number of benzene rings is 2. The van der Waals surface area contributed by atoms with Gasteiger partial charge in [-0.15, -0.1) is 0 Å². The second-order valence-electron chi connectivity index (χ2n) is 8.48. The molecule has 2 aromatic carbocycles. The van der Waals surface area contributed by atoms with Crippen LogP contribution in [0.25, 0.3) is 22.0 Å². The van der Waals surface area contributed by atoms with Crippen molar-refractivity contribution in [1.29, 1.82) is 0 Å². The highest BCUT2D eigenvalue weighted by Gasteiger charge is 2.22. The number of anilines is 2. The summed E-state index contributed by atoms with van der Waals surface area (Å²) in [6, 6.07) is 12.4. The minimum absolute atomic E-state index is 0.221. The Balaban J connectivity index is 1.69. The maximum atomic E-state index is 13.4. The maximum absolute atomic E-state index is 13.4. The third kappa shape index (κ3) is 5.98. The first-order chi connectivity index (χ1) is 18.0. The molecule has 0 aliphatic heterocycles. The summed E-state index contributed by atoms with van der Waals surface area (Å²) in [5.74, 6) is 0.299. The van der Waals surface area contributed by atoms with Crippen molar-refractivity contribution in [3.8, 4) is 11.3 Å². The van der Waals surface area contributed by atoms with Gasteiger partial charge in [-0.05, 0) is 48.6 Å². The van der Waals surface area contributed by atoms with Crippen LogP contribution in [0.2, 0.25) is 5.15 Å². The highest BCUT2D eigenvalue weighted by Crippen LogP contribution is 2.35. The molecule has 0 unspecified atom stereocenters. The lowest BCUT2D eigenvalue weighted by molar-refractivity contribution is -0.105. The van der Waals surface area contributed by atoms with Gasteiger partial charge < -0.3 is 20.9 Å². The Labute approximate surface area is 220 Å². The number of fused-ring (bicyclic) bond motifs is 1. The van der Waals surface area contributed by atoms with Crippen molar-refractivity contribution in [3.63, 3.8) is 0 Å². The molecule has 4 rings (SSSR count). The van der Waals surface area contributed by atoms with Crippen molar-refractivity contribution in [3.05, 3.63) is 83.6 Å². The number of aromatic amines is 1. The zero-order chi connectivity index (χ0) is 26.2. The summed E-state index contributed by atoms with van der Waals surface area (Å²) in [7, 11) is 1.80. The van der Waals surface area contributed by atoms with Crippen molar-refractivity contribution in [1.82, 2.24) is 20.3 Å². The summed E-state index contributed by atoms with van der Waals surface area (Å²) < 4.78 is 0. The lowest BCUT2D eigenvalue weighted by Gasteiger charge is -2.16. The molecule has 1 atom stereocenters. The normalized spacial score (nSPS) is 12.0. The van der Waals surface area contributed by atoms with Gasteiger partial charge >= 0.3 is 0 Å². The molecule has 0 saturated carbocycles. The van der Waals surface area contributed by atoms with Gasteiger partial charge in [-0.3, -0.25) is 14.6 Å². The van der Waals surface area contributed by atoms with E-state index >= 15 is 0 Å². The molecule has 8 nitrogen and oxygen atoms in total. The highest BCUT2D eigenvalue weighted by atomic mass is 35.5. The molecular weight excluding hydrogens is 488 g/mol. The molecule has 0 radical (unpaired) electrons. The first-order valence-electron chi connectivity index (χ1n) is 12.1. The Hall–Kier alpha value is -4.17.